The van der Waals surface area contributed by atoms with Crippen LogP contribution >= 0.6 is 0 Å². The van der Waals surface area contributed by atoms with Crippen LogP contribution in [0.15, 0.2) is 46.5 Å². The van der Waals surface area contributed by atoms with Gasteiger partial charge in [0.2, 0.25) is 0 Å². The summed E-state index contributed by atoms with van der Waals surface area (Å²) in [6.07, 6.45) is -13.8. The maximum Gasteiger partial charge on any atom is 0.431 e. The molecule has 1 aromatic heterocycles. The summed E-state index contributed by atoms with van der Waals surface area (Å²) in [4.78, 5) is 4.18. The lowest BCUT2D eigenvalue weighted by Gasteiger charge is -2.38. The molecule has 170 valence electrons. The Kier molecular flexibility index (Phi) is 5.69. The monoisotopic (exact) mass is 456 g/mol. The maximum absolute atomic E-state index is 13.8. The van der Waals surface area contributed by atoms with Crippen molar-refractivity contribution in [2.75, 3.05) is 7.05 Å². The molecule has 11 heteroatoms. The first-order valence-corrected chi connectivity index (χ1v) is 9.19. The molecule has 1 aromatic rings. The molecule has 1 saturated carbocycles. The summed E-state index contributed by atoms with van der Waals surface area (Å²) < 4.78 is 122. The standard InChI is InChI=1S/C20H17F9N2/c1-10-16(20(27,28)29)12(6-7-30-10)8-13-14(18(21,22)23)9-15(19(24,25)26)31(2)17(13)11-4-3-5-11/h6-7,9H,3-5,8H2,1-2H3. The fourth-order valence-corrected chi connectivity index (χ4v) is 3.86. The zero-order valence-corrected chi connectivity index (χ0v) is 16.4. The van der Waals surface area contributed by atoms with E-state index in [1.54, 1.807) is 0 Å². The summed E-state index contributed by atoms with van der Waals surface area (Å²) in [5.74, 6) is 0. The maximum atomic E-state index is 13.8. The molecule has 0 radical (unpaired) electrons. The van der Waals surface area contributed by atoms with E-state index < -0.39 is 58.6 Å². The highest BCUT2D eigenvalue weighted by Gasteiger charge is 2.47. The van der Waals surface area contributed by atoms with E-state index in [4.69, 9.17) is 0 Å². The van der Waals surface area contributed by atoms with Crippen molar-refractivity contribution < 1.29 is 39.5 Å². The zero-order valence-electron chi connectivity index (χ0n) is 16.4. The number of nitrogens with zero attached hydrogens (tertiary/aromatic N) is 2. The van der Waals surface area contributed by atoms with Crippen LogP contribution in [0.4, 0.5) is 39.5 Å². The Hall–Kier alpha value is -2.46. The van der Waals surface area contributed by atoms with Crippen LogP contribution in [0.1, 0.15) is 36.1 Å². The van der Waals surface area contributed by atoms with Gasteiger partial charge in [0.15, 0.2) is 0 Å². The Morgan fingerprint density at radius 3 is 2.00 bits per heavy atom. The van der Waals surface area contributed by atoms with Crippen molar-refractivity contribution >= 4 is 0 Å². The average molecular weight is 456 g/mol. The number of pyridine rings is 1. The van der Waals surface area contributed by atoms with Crippen molar-refractivity contribution in [2.45, 2.75) is 51.1 Å². The van der Waals surface area contributed by atoms with Crippen LogP contribution < -0.4 is 0 Å². The number of aryl methyl sites for hydroxylation is 1. The number of aromatic nitrogens is 1. The Morgan fingerprint density at radius 2 is 1.55 bits per heavy atom. The second-order valence-electron chi connectivity index (χ2n) is 7.39. The Labute approximate surface area is 171 Å². The highest BCUT2D eigenvalue weighted by molar-refractivity contribution is 5.54. The van der Waals surface area contributed by atoms with Crippen molar-refractivity contribution in [3.8, 4) is 0 Å². The number of halogens is 9. The van der Waals surface area contributed by atoms with Gasteiger partial charge in [-0.05, 0) is 55.0 Å². The van der Waals surface area contributed by atoms with Gasteiger partial charge in [-0.15, -0.1) is 0 Å². The first-order chi connectivity index (χ1) is 14.1. The van der Waals surface area contributed by atoms with Crippen molar-refractivity contribution in [1.82, 2.24) is 9.88 Å². The van der Waals surface area contributed by atoms with Crippen molar-refractivity contribution in [3.05, 3.63) is 63.3 Å². The van der Waals surface area contributed by atoms with Crippen molar-refractivity contribution in [2.24, 2.45) is 0 Å². The molecule has 3 rings (SSSR count). The van der Waals surface area contributed by atoms with Crippen LogP contribution in [0.25, 0.3) is 0 Å². The zero-order chi connectivity index (χ0) is 23.4. The molecule has 1 aliphatic carbocycles. The molecular formula is C20H17F9N2. The average Bonchev–Trinajstić information content (AvgIpc) is 2.52. The lowest BCUT2D eigenvalue weighted by Crippen LogP contribution is -2.36. The van der Waals surface area contributed by atoms with Crippen molar-refractivity contribution in [1.29, 1.82) is 0 Å². The van der Waals surface area contributed by atoms with E-state index in [1.807, 2.05) is 0 Å². The second kappa shape index (κ2) is 7.59. The first kappa shape index (κ1) is 23.2. The molecule has 0 aromatic carbocycles. The van der Waals surface area contributed by atoms with Crippen LogP contribution in [-0.4, -0.2) is 29.3 Å². The summed E-state index contributed by atoms with van der Waals surface area (Å²) >= 11 is 0. The molecule has 0 saturated heterocycles. The highest BCUT2D eigenvalue weighted by atomic mass is 19.4. The summed E-state index contributed by atoms with van der Waals surface area (Å²) in [7, 11) is 0.982. The third-order valence-electron chi connectivity index (χ3n) is 5.35. The summed E-state index contributed by atoms with van der Waals surface area (Å²) in [6.45, 7) is 1.07. The third-order valence-corrected chi connectivity index (χ3v) is 5.35. The molecule has 2 aliphatic rings. The largest absolute Gasteiger partial charge is 0.431 e. The van der Waals surface area contributed by atoms with E-state index >= 15 is 0 Å². The third kappa shape index (κ3) is 4.45. The van der Waals surface area contributed by atoms with Gasteiger partial charge in [0.25, 0.3) is 0 Å². The van der Waals surface area contributed by atoms with Crippen molar-refractivity contribution in [3.63, 3.8) is 0 Å². The minimum atomic E-state index is -5.19. The number of allylic oxidation sites excluding steroid dienone is 5. The first-order valence-electron chi connectivity index (χ1n) is 9.19. The van der Waals surface area contributed by atoms with Crippen LogP contribution in [0, 0.1) is 6.92 Å². The minimum absolute atomic E-state index is 0.0284. The van der Waals surface area contributed by atoms with E-state index in [0.29, 0.717) is 16.9 Å². The topological polar surface area (TPSA) is 16.1 Å². The fraction of sp³-hybridized carbons (Fsp3) is 0.450. The quantitative estimate of drug-likeness (QED) is 0.464. The van der Waals surface area contributed by atoms with E-state index in [-0.39, 0.29) is 24.6 Å². The van der Waals surface area contributed by atoms with E-state index in [1.165, 1.54) is 0 Å². The van der Waals surface area contributed by atoms with Crippen LogP contribution in [0.3, 0.4) is 0 Å². The lowest BCUT2D eigenvalue weighted by molar-refractivity contribution is -0.138. The van der Waals surface area contributed by atoms with Gasteiger partial charge < -0.3 is 4.90 Å². The summed E-state index contributed by atoms with van der Waals surface area (Å²) in [5, 5.41) is 0. The van der Waals surface area contributed by atoms with Gasteiger partial charge in [-0.3, -0.25) is 4.98 Å². The minimum Gasteiger partial charge on any atom is -0.340 e. The Morgan fingerprint density at radius 1 is 0.935 bits per heavy atom. The molecule has 2 heterocycles. The fourth-order valence-electron chi connectivity index (χ4n) is 3.86. The number of likely N-dealkylation sites (N-methyl/N-ethyl adjacent to an activating group) is 1. The van der Waals surface area contributed by atoms with Gasteiger partial charge in [-0.25, -0.2) is 0 Å². The van der Waals surface area contributed by atoms with Crippen LogP contribution in [0.2, 0.25) is 0 Å². The lowest BCUT2D eigenvalue weighted by atomic mass is 9.82. The molecule has 0 spiro atoms. The molecule has 0 unspecified atom stereocenters. The van der Waals surface area contributed by atoms with Gasteiger partial charge in [0.05, 0.1) is 11.1 Å². The molecule has 0 atom stereocenters. The molecule has 1 aliphatic heterocycles. The SMILES string of the molecule is Cc1nccc(CC2=C(C(F)(F)F)C=C(C(F)(F)F)N(C)C2=C2CCC2)c1C(F)(F)F. The van der Waals surface area contributed by atoms with Crippen LogP contribution in [-0.2, 0) is 12.6 Å². The molecule has 31 heavy (non-hydrogen) atoms. The predicted octanol–water partition coefficient (Wildman–Crippen LogP) is 6.64. The second-order valence-corrected chi connectivity index (χ2v) is 7.39. The molecular weight excluding hydrogens is 439 g/mol. The summed E-state index contributed by atoms with van der Waals surface area (Å²) in [6, 6.07) is 0.947. The number of hydrogen-bond donors (Lipinski definition) is 0. The van der Waals surface area contributed by atoms with Gasteiger partial charge >= 0.3 is 18.5 Å². The molecule has 0 amide bonds. The number of rotatable bonds is 2. The molecule has 1 fully saturated rings. The molecule has 0 N–H and O–H groups in total. The van der Waals surface area contributed by atoms with E-state index in [0.717, 1.165) is 26.2 Å². The molecule has 2 nitrogen and oxygen atoms in total. The number of alkyl halides is 9. The van der Waals surface area contributed by atoms with Gasteiger partial charge in [0.1, 0.15) is 5.70 Å². The van der Waals surface area contributed by atoms with Crippen LogP contribution in [0.5, 0.6) is 0 Å². The summed E-state index contributed by atoms with van der Waals surface area (Å²) in [5.41, 5.74) is -5.75. The Bertz CT molecular complexity index is 970. The Balaban J connectivity index is 2.30. The van der Waals surface area contributed by atoms with E-state index in [2.05, 4.69) is 4.98 Å². The smallest absolute Gasteiger partial charge is 0.340 e. The van der Waals surface area contributed by atoms with E-state index in [9.17, 15) is 39.5 Å². The van der Waals surface area contributed by atoms with Gasteiger partial charge in [-0.1, -0.05) is 0 Å². The van der Waals surface area contributed by atoms with Gasteiger partial charge in [0, 0.05) is 31.1 Å². The highest BCUT2D eigenvalue weighted by Crippen LogP contribution is 2.47. The van der Waals surface area contributed by atoms with Gasteiger partial charge in [-0.2, -0.15) is 39.5 Å². The normalized spacial score (nSPS) is 18.4. The number of hydrogen-bond acceptors (Lipinski definition) is 2. The predicted molar refractivity (Wildman–Crippen MR) is 93.5 cm³/mol. The molecule has 0 bridgehead atoms.